The highest BCUT2D eigenvalue weighted by Gasteiger charge is 2.26. The summed E-state index contributed by atoms with van der Waals surface area (Å²) in [6.45, 7) is 2.37. The smallest absolute Gasteiger partial charge is 0.254 e. The molecule has 2 aliphatic rings. The number of rotatable bonds is 3. The zero-order chi connectivity index (χ0) is 17.1. The Morgan fingerprint density at radius 3 is 2.58 bits per heavy atom. The molecule has 5 nitrogen and oxygen atoms in total. The van der Waals surface area contributed by atoms with Crippen LogP contribution in [0.4, 0.5) is 14.5 Å². The topological polar surface area (TPSA) is 59.4 Å². The third-order valence-corrected chi connectivity index (χ3v) is 4.64. The summed E-state index contributed by atoms with van der Waals surface area (Å²) in [5.41, 5.74) is -0.0658. The highest BCUT2D eigenvalue weighted by atomic mass is 19.1. The monoisotopic (exact) mass is 334 g/mol. The van der Waals surface area contributed by atoms with Crippen LogP contribution < -0.4 is 10.2 Å². The van der Waals surface area contributed by atoms with Gasteiger partial charge in [0.05, 0.1) is 11.3 Å². The van der Waals surface area contributed by atoms with E-state index in [-0.39, 0.29) is 17.3 Å². The summed E-state index contributed by atoms with van der Waals surface area (Å²) in [5.74, 6) is -1.93. The summed E-state index contributed by atoms with van der Waals surface area (Å²) >= 11 is 0. The first kappa shape index (κ1) is 16.5. The fourth-order valence-electron chi connectivity index (χ4n) is 3.32. The number of halogens is 2. The van der Waals surface area contributed by atoms with E-state index >= 15 is 0 Å². The average Bonchev–Trinajstić information content (AvgIpc) is 3.05. The predicted octanol–water partition coefficient (Wildman–Crippen LogP) is 2.24. The zero-order valence-electron chi connectivity index (χ0n) is 13.4. The first-order valence-electron chi connectivity index (χ1n) is 8.28. The summed E-state index contributed by atoms with van der Waals surface area (Å²) in [6, 6.07) is 1.87. The summed E-state index contributed by atoms with van der Waals surface area (Å²) in [6.07, 6.45) is 5.65. The van der Waals surface area contributed by atoms with Gasteiger partial charge in [-0.25, -0.2) is 8.78 Å². The molecule has 2 saturated heterocycles. The molecular weight excluding hydrogens is 314 g/mol. The second-order valence-corrected chi connectivity index (χ2v) is 6.34. The lowest BCUT2D eigenvalue weighted by atomic mass is 10.1. The maximum absolute atomic E-state index is 14.4. The van der Waals surface area contributed by atoms with Crippen LogP contribution >= 0.6 is 0 Å². The van der Waals surface area contributed by atoms with Crippen molar-refractivity contribution in [2.24, 2.45) is 0 Å². The molecule has 1 atom stereocenters. The van der Waals surface area contributed by atoms with E-state index in [9.17, 15) is 13.6 Å². The van der Waals surface area contributed by atoms with Crippen LogP contribution in [0.1, 0.15) is 36.0 Å². The molecule has 0 radical (unpaired) electrons. The molecule has 24 heavy (non-hydrogen) atoms. The maximum atomic E-state index is 14.4. The van der Waals surface area contributed by atoms with E-state index in [2.05, 4.69) is 5.32 Å². The van der Waals surface area contributed by atoms with Gasteiger partial charge in [0, 0.05) is 38.3 Å². The summed E-state index contributed by atoms with van der Waals surface area (Å²) in [4.78, 5) is 15.6. The number of hydrogen-bond acceptors (Lipinski definition) is 4. The number of likely N-dealkylation sites (tertiary alicyclic amines) is 1. The number of benzene rings is 1. The van der Waals surface area contributed by atoms with E-state index in [1.807, 2.05) is 11.1 Å². The van der Waals surface area contributed by atoms with E-state index < -0.39 is 17.5 Å². The van der Waals surface area contributed by atoms with Crippen molar-refractivity contribution in [2.75, 3.05) is 31.1 Å². The van der Waals surface area contributed by atoms with Crippen LogP contribution in [0.15, 0.2) is 12.1 Å². The lowest BCUT2D eigenvalue weighted by molar-refractivity contribution is 0.0934. The van der Waals surface area contributed by atoms with Gasteiger partial charge in [-0.15, -0.1) is 0 Å². The Morgan fingerprint density at radius 2 is 1.92 bits per heavy atom. The van der Waals surface area contributed by atoms with Crippen LogP contribution in [0.2, 0.25) is 0 Å². The van der Waals surface area contributed by atoms with E-state index in [1.54, 1.807) is 0 Å². The molecule has 2 heterocycles. The van der Waals surface area contributed by atoms with Gasteiger partial charge in [0.25, 0.3) is 5.91 Å². The van der Waals surface area contributed by atoms with Crippen molar-refractivity contribution in [3.05, 3.63) is 29.3 Å². The number of piperidine rings is 1. The number of nitrogens with one attached hydrogen (secondary N) is 1. The van der Waals surface area contributed by atoms with Gasteiger partial charge in [0.15, 0.2) is 6.19 Å². The molecule has 1 amide bonds. The van der Waals surface area contributed by atoms with Crippen molar-refractivity contribution < 1.29 is 13.6 Å². The van der Waals surface area contributed by atoms with Crippen LogP contribution in [-0.4, -0.2) is 43.0 Å². The highest BCUT2D eigenvalue weighted by molar-refractivity contribution is 5.95. The molecule has 2 fully saturated rings. The molecular formula is C17H20F2N4O. The molecule has 7 heteroatoms. The van der Waals surface area contributed by atoms with Crippen molar-refractivity contribution in [3.63, 3.8) is 0 Å². The SMILES string of the molecule is N#CN1CC[C@@H](NC(=O)c2cc(F)c(N3CCCCC3)cc2F)C1. The minimum absolute atomic E-state index is 0.221. The number of carbonyl (C=O) groups excluding carboxylic acids is 1. The van der Waals surface area contributed by atoms with Crippen molar-refractivity contribution in [3.8, 4) is 6.19 Å². The van der Waals surface area contributed by atoms with Gasteiger partial charge in [-0.05, 0) is 31.7 Å². The highest BCUT2D eigenvalue weighted by Crippen LogP contribution is 2.26. The van der Waals surface area contributed by atoms with Gasteiger partial charge in [0.1, 0.15) is 11.6 Å². The fraction of sp³-hybridized carbons (Fsp3) is 0.529. The Balaban J connectivity index is 1.73. The van der Waals surface area contributed by atoms with Crippen molar-refractivity contribution in [1.29, 1.82) is 5.26 Å². The van der Waals surface area contributed by atoms with E-state index in [0.717, 1.165) is 31.4 Å². The average molecular weight is 334 g/mol. The third-order valence-electron chi connectivity index (χ3n) is 4.64. The Hall–Kier alpha value is -2.36. The van der Waals surface area contributed by atoms with E-state index in [4.69, 9.17) is 5.26 Å². The standard InChI is InChI=1S/C17H20F2N4O/c18-14-9-16(23-5-2-1-3-6-23)15(19)8-13(14)17(24)21-12-4-7-22(10-12)11-20/h8-9,12H,1-7,10H2,(H,21,24)/t12-/m1/s1. The number of carbonyl (C=O) groups is 1. The van der Waals surface area contributed by atoms with E-state index in [1.165, 1.54) is 4.90 Å². The molecule has 1 N–H and O–H groups in total. The second-order valence-electron chi connectivity index (χ2n) is 6.34. The Bertz CT molecular complexity index is 667. The van der Waals surface area contributed by atoms with Crippen molar-refractivity contribution in [1.82, 2.24) is 10.2 Å². The van der Waals surface area contributed by atoms with E-state index in [0.29, 0.717) is 32.6 Å². The minimum atomic E-state index is -0.718. The zero-order valence-corrected chi connectivity index (χ0v) is 13.4. The Morgan fingerprint density at radius 1 is 1.17 bits per heavy atom. The molecule has 128 valence electrons. The predicted molar refractivity (Wildman–Crippen MR) is 85.5 cm³/mol. The lowest BCUT2D eigenvalue weighted by Crippen LogP contribution is -2.37. The third kappa shape index (κ3) is 3.42. The normalized spacial score (nSPS) is 20.8. The summed E-state index contributed by atoms with van der Waals surface area (Å²) < 4.78 is 28.7. The minimum Gasteiger partial charge on any atom is -0.369 e. The summed E-state index contributed by atoms with van der Waals surface area (Å²) in [5, 5.41) is 11.5. The molecule has 0 saturated carbocycles. The number of nitriles is 1. The van der Waals surface area contributed by atoms with Crippen molar-refractivity contribution in [2.45, 2.75) is 31.7 Å². The van der Waals surface area contributed by atoms with Gasteiger partial charge in [0.2, 0.25) is 0 Å². The second kappa shape index (κ2) is 7.04. The van der Waals surface area contributed by atoms with Crippen LogP contribution in [0.25, 0.3) is 0 Å². The molecule has 0 aromatic heterocycles. The Kier molecular flexibility index (Phi) is 4.84. The lowest BCUT2D eigenvalue weighted by Gasteiger charge is -2.29. The quantitative estimate of drug-likeness (QED) is 0.861. The van der Waals surface area contributed by atoms with Crippen LogP contribution in [0.5, 0.6) is 0 Å². The van der Waals surface area contributed by atoms with Crippen LogP contribution in [0, 0.1) is 23.1 Å². The molecule has 0 bridgehead atoms. The largest absolute Gasteiger partial charge is 0.369 e. The summed E-state index contributed by atoms with van der Waals surface area (Å²) in [7, 11) is 0. The Labute approximate surface area is 139 Å². The van der Waals surface area contributed by atoms with Crippen LogP contribution in [0.3, 0.4) is 0 Å². The number of hydrogen-bond donors (Lipinski definition) is 1. The number of amides is 1. The van der Waals surface area contributed by atoms with Crippen LogP contribution in [-0.2, 0) is 0 Å². The van der Waals surface area contributed by atoms with Crippen molar-refractivity contribution >= 4 is 11.6 Å². The maximum Gasteiger partial charge on any atom is 0.254 e. The fourth-order valence-corrected chi connectivity index (χ4v) is 3.32. The molecule has 3 rings (SSSR count). The number of nitrogens with zero attached hydrogens (tertiary/aromatic N) is 3. The number of anilines is 1. The van der Waals surface area contributed by atoms with Gasteiger partial charge in [-0.1, -0.05) is 0 Å². The molecule has 1 aromatic carbocycles. The first-order chi connectivity index (χ1) is 11.6. The molecule has 0 spiro atoms. The molecule has 2 aliphatic heterocycles. The van der Waals surface area contributed by atoms with Gasteiger partial charge < -0.3 is 15.1 Å². The van der Waals surface area contributed by atoms with Gasteiger partial charge in [-0.2, -0.15) is 5.26 Å². The van der Waals surface area contributed by atoms with Gasteiger partial charge >= 0.3 is 0 Å². The molecule has 1 aromatic rings. The first-order valence-corrected chi connectivity index (χ1v) is 8.28. The molecule has 0 unspecified atom stereocenters. The van der Waals surface area contributed by atoms with Gasteiger partial charge in [-0.3, -0.25) is 4.79 Å². The molecule has 0 aliphatic carbocycles.